The van der Waals surface area contributed by atoms with E-state index >= 15 is 0 Å². The third kappa shape index (κ3) is 4.96. The molecule has 2 fully saturated rings. The molecule has 0 aromatic carbocycles. The van der Waals surface area contributed by atoms with Gasteiger partial charge in [0.25, 0.3) is 0 Å². The summed E-state index contributed by atoms with van der Waals surface area (Å²) >= 11 is 0. The number of carbonyl (C=O) groups is 1. The second kappa shape index (κ2) is 7.59. The van der Waals surface area contributed by atoms with Gasteiger partial charge in [0, 0.05) is 12.6 Å². The molecular weight excluding hydrogens is 264 g/mol. The molecule has 1 unspecified atom stereocenters. The molecule has 4 heteroatoms. The van der Waals surface area contributed by atoms with Gasteiger partial charge in [-0.3, -0.25) is 10.1 Å². The van der Waals surface area contributed by atoms with E-state index in [4.69, 9.17) is 4.74 Å². The lowest BCUT2D eigenvalue weighted by Crippen LogP contribution is -2.51. The summed E-state index contributed by atoms with van der Waals surface area (Å²) in [6.45, 7) is 7.68. The third-order valence-electron chi connectivity index (χ3n) is 5.08. The highest BCUT2D eigenvalue weighted by Gasteiger charge is 2.38. The van der Waals surface area contributed by atoms with Gasteiger partial charge in [-0.15, -0.1) is 0 Å². The van der Waals surface area contributed by atoms with E-state index in [0.717, 1.165) is 31.8 Å². The van der Waals surface area contributed by atoms with Crippen LogP contribution < -0.4 is 5.32 Å². The molecule has 2 aliphatic carbocycles. The molecule has 0 aromatic heterocycles. The van der Waals surface area contributed by atoms with E-state index in [2.05, 4.69) is 17.1 Å². The lowest BCUT2D eigenvalue weighted by atomic mass is 9.85. The van der Waals surface area contributed by atoms with Crippen molar-refractivity contribution >= 4 is 5.97 Å². The minimum Gasteiger partial charge on any atom is -0.468 e. The lowest BCUT2D eigenvalue weighted by Gasteiger charge is -2.33. The lowest BCUT2D eigenvalue weighted by molar-refractivity contribution is -0.148. The number of methoxy groups -OCH3 is 1. The first-order chi connectivity index (χ1) is 10.1. The topological polar surface area (TPSA) is 41.6 Å². The fourth-order valence-electron chi connectivity index (χ4n) is 3.21. The van der Waals surface area contributed by atoms with E-state index in [-0.39, 0.29) is 5.97 Å². The molecule has 0 spiro atoms. The van der Waals surface area contributed by atoms with Crippen LogP contribution in [0.2, 0.25) is 0 Å². The first-order valence-corrected chi connectivity index (χ1v) is 8.66. The van der Waals surface area contributed by atoms with E-state index in [1.165, 1.54) is 45.8 Å². The van der Waals surface area contributed by atoms with Crippen LogP contribution in [0.1, 0.15) is 58.8 Å². The van der Waals surface area contributed by atoms with Gasteiger partial charge in [-0.2, -0.15) is 0 Å². The van der Waals surface area contributed by atoms with Crippen LogP contribution in [-0.2, 0) is 9.53 Å². The number of hydrogen-bond donors (Lipinski definition) is 1. The molecule has 0 aromatic rings. The van der Waals surface area contributed by atoms with Crippen LogP contribution in [0.15, 0.2) is 0 Å². The minimum absolute atomic E-state index is 0.114. The van der Waals surface area contributed by atoms with Crippen LogP contribution in [0.25, 0.3) is 0 Å². The maximum absolute atomic E-state index is 12.1. The van der Waals surface area contributed by atoms with Crippen molar-refractivity contribution in [1.82, 2.24) is 10.2 Å². The summed E-state index contributed by atoms with van der Waals surface area (Å²) in [5.41, 5.74) is -0.508. The Bertz CT molecular complexity index is 340. The summed E-state index contributed by atoms with van der Waals surface area (Å²) in [6, 6.07) is 0.520. The van der Waals surface area contributed by atoms with E-state index in [0.29, 0.717) is 6.04 Å². The van der Waals surface area contributed by atoms with Crippen molar-refractivity contribution in [3.05, 3.63) is 0 Å². The van der Waals surface area contributed by atoms with E-state index in [1.807, 2.05) is 6.92 Å². The fraction of sp³-hybridized carbons (Fsp3) is 0.941. The zero-order valence-corrected chi connectivity index (χ0v) is 14.0. The van der Waals surface area contributed by atoms with Crippen molar-refractivity contribution < 1.29 is 9.53 Å². The summed E-state index contributed by atoms with van der Waals surface area (Å²) in [5.74, 6) is 0.804. The van der Waals surface area contributed by atoms with Crippen LogP contribution >= 0.6 is 0 Å². The van der Waals surface area contributed by atoms with E-state index in [9.17, 15) is 4.79 Å². The molecule has 21 heavy (non-hydrogen) atoms. The summed E-state index contributed by atoms with van der Waals surface area (Å²) in [7, 11) is 1.49. The Morgan fingerprint density at radius 2 is 2.05 bits per heavy atom. The second-order valence-electron chi connectivity index (χ2n) is 7.04. The maximum Gasteiger partial charge on any atom is 0.325 e. The van der Waals surface area contributed by atoms with Crippen LogP contribution in [-0.4, -0.2) is 49.2 Å². The van der Waals surface area contributed by atoms with Crippen molar-refractivity contribution in [1.29, 1.82) is 0 Å². The molecule has 1 N–H and O–H groups in total. The predicted molar refractivity (Wildman–Crippen MR) is 85.3 cm³/mol. The first-order valence-electron chi connectivity index (χ1n) is 8.66. The Kier molecular flexibility index (Phi) is 6.06. The van der Waals surface area contributed by atoms with Gasteiger partial charge >= 0.3 is 5.97 Å². The Morgan fingerprint density at radius 3 is 2.52 bits per heavy atom. The molecular formula is C17H32N2O2. The van der Waals surface area contributed by atoms with Crippen molar-refractivity contribution in [3.63, 3.8) is 0 Å². The molecule has 2 saturated carbocycles. The highest BCUT2D eigenvalue weighted by Crippen LogP contribution is 2.28. The van der Waals surface area contributed by atoms with E-state index < -0.39 is 5.54 Å². The quantitative estimate of drug-likeness (QED) is 0.629. The number of nitrogens with one attached hydrogen (secondary N) is 1. The van der Waals surface area contributed by atoms with Gasteiger partial charge < -0.3 is 9.64 Å². The molecule has 2 aliphatic rings. The minimum atomic E-state index is -0.508. The molecule has 4 nitrogen and oxygen atoms in total. The third-order valence-corrected chi connectivity index (χ3v) is 5.08. The molecule has 0 aliphatic heterocycles. The normalized spacial score (nSPS) is 21.9. The number of hydrogen-bond acceptors (Lipinski definition) is 4. The van der Waals surface area contributed by atoms with Gasteiger partial charge in [0.15, 0.2) is 0 Å². The Balaban J connectivity index is 1.75. The molecule has 122 valence electrons. The van der Waals surface area contributed by atoms with E-state index in [1.54, 1.807) is 0 Å². The molecule has 1 atom stereocenters. The van der Waals surface area contributed by atoms with Crippen LogP contribution in [0.3, 0.4) is 0 Å². The van der Waals surface area contributed by atoms with Gasteiger partial charge in [0.2, 0.25) is 0 Å². The summed E-state index contributed by atoms with van der Waals surface area (Å²) < 4.78 is 5.00. The van der Waals surface area contributed by atoms with Crippen molar-refractivity contribution in [3.8, 4) is 0 Å². The largest absolute Gasteiger partial charge is 0.468 e. The monoisotopic (exact) mass is 296 g/mol. The molecule has 0 amide bonds. The number of nitrogens with zero attached hydrogens (tertiary/aromatic N) is 1. The fourth-order valence-corrected chi connectivity index (χ4v) is 3.21. The number of carbonyl (C=O) groups excluding carboxylic acids is 1. The number of rotatable bonds is 10. The smallest absolute Gasteiger partial charge is 0.325 e. The zero-order valence-electron chi connectivity index (χ0n) is 14.0. The standard InChI is InChI=1S/C17H32N2O2/c1-4-19(13-14-7-5-8-14)12-6-11-17(2,16(20)21-3)18-15-9-10-15/h14-15,18H,4-13H2,1-3H3. The molecule has 0 bridgehead atoms. The molecule has 0 heterocycles. The average molecular weight is 296 g/mol. The van der Waals surface area contributed by atoms with Gasteiger partial charge in [-0.05, 0) is 64.5 Å². The van der Waals surface area contributed by atoms with Gasteiger partial charge in [-0.1, -0.05) is 13.3 Å². The average Bonchev–Trinajstić information content (AvgIpc) is 3.23. The van der Waals surface area contributed by atoms with Crippen molar-refractivity contribution in [2.24, 2.45) is 5.92 Å². The van der Waals surface area contributed by atoms with Gasteiger partial charge in [0.05, 0.1) is 7.11 Å². The Morgan fingerprint density at radius 1 is 1.33 bits per heavy atom. The number of ether oxygens (including phenoxy) is 1. The molecule has 0 saturated heterocycles. The SMILES string of the molecule is CCN(CCCC(C)(NC1CC1)C(=O)OC)CC1CCC1. The first kappa shape index (κ1) is 16.8. The summed E-state index contributed by atoms with van der Waals surface area (Å²) in [5, 5.41) is 3.48. The van der Waals surface area contributed by atoms with Crippen LogP contribution in [0, 0.1) is 5.92 Å². The molecule has 2 rings (SSSR count). The maximum atomic E-state index is 12.1. The number of esters is 1. The summed E-state index contributed by atoms with van der Waals surface area (Å²) in [6.07, 6.45) is 8.50. The van der Waals surface area contributed by atoms with Gasteiger partial charge in [-0.25, -0.2) is 0 Å². The van der Waals surface area contributed by atoms with Gasteiger partial charge in [0.1, 0.15) is 5.54 Å². The highest BCUT2D eigenvalue weighted by atomic mass is 16.5. The Labute approximate surface area is 129 Å². The zero-order chi connectivity index (χ0) is 15.3. The molecule has 0 radical (unpaired) electrons. The predicted octanol–water partition coefficient (Wildman–Crippen LogP) is 2.57. The Hall–Kier alpha value is -0.610. The van der Waals surface area contributed by atoms with Crippen molar-refractivity contribution in [2.75, 3.05) is 26.7 Å². The van der Waals surface area contributed by atoms with Crippen LogP contribution in [0.4, 0.5) is 0 Å². The van der Waals surface area contributed by atoms with Crippen LogP contribution in [0.5, 0.6) is 0 Å². The highest BCUT2D eigenvalue weighted by molar-refractivity contribution is 5.80. The summed E-state index contributed by atoms with van der Waals surface area (Å²) in [4.78, 5) is 14.6. The second-order valence-corrected chi connectivity index (χ2v) is 7.04. The van der Waals surface area contributed by atoms with Crippen molar-refractivity contribution in [2.45, 2.75) is 70.4 Å².